The summed E-state index contributed by atoms with van der Waals surface area (Å²) < 4.78 is 0. The summed E-state index contributed by atoms with van der Waals surface area (Å²) in [7, 11) is 0. The van der Waals surface area contributed by atoms with E-state index >= 15 is 0 Å². The van der Waals surface area contributed by atoms with Crippen molar-refractivity contribution in [3.8, 4) is 11.8 Å². The van der Waals surface area contributed by atoms with E-state index in [1.807, 2.05) is 43.8 Å². The number of hydrogen-bond acceptors (Lipinski definition) is 3. The normalized spacial score (nSPS) is 11.4. The van der Waals surface area contributed by atoms with Gasteiger partial charge in [-0.3, -0.25) is 4.79 Å². The summed E-state index contributed by atoms with van der Waals surface area (Å²) >= 11 is 1.82. The molecule has 1 aromatic rings. The van der Waals surface area contributed by atoms with Gasteiger partial charge in [-0.05, 0) is 37.3 Å². The Labute approximate surface area is 125 Å². The fourth-order valence-corrected chi connectivity index (χ4v) is 2.36. The Balaban J connectivity index is 2.78. The monoisotopic (exact) mass is 290 g/mol. The second kappa shape index (κ2) is 8.68. The van der Waals surface area contributed by atoms with E-state index in [0.717, 1.165) is 22.6 Å². The van der Waals surface area contributed by atoms with Gasteiger partial charge in [-0.25, -0.2) is 0 Å². The van der Waals surface area contributed by atoms with Gasteiger partial charge in [0.25, 0.3) is 5.91 Å². The maximum absolute atomic E-state index is 12.2. The zero-order chi connectivity index (χ0) is 15.0. The fraction of sp³-hybridized carbons (Fsp3) is 0.438. The lowest BCUT2D eigenvalue weighted by atomic mass is 10.0. The van der Waals surface area contributed by atoms with Gasteiger partial charge >= 0.3 is 0 Å². The third kappa shape index (κ3) is 5.28. The molecule has 0 bridgehead atoms. The van der Waals surface area contributed by atoms with E-state index in [9.17, 15) is 4.79 Å². The first kappa shape index (κ1) is 16.6. The van der Waals surface area contributed by atoms with Crippen molar-refractivity contribution in [3.05, 3.63) is 34.9 Å². The van der Waals surface area contributed by atoms with E-state index < -0.39 is 0 Å². The number of carbonyl (C=O) groups is 1. The molecule has 1 amide bonds. The number of amides is 1. The topological polar surface area (TPSA) is 55.1 Å². The van der Waals surface area contributed by atoms with Gasteiger partial charge in [-0.2, -0.15) is 11.8 Å². The maximum atomic E-state index is 12.2. The van der Waals surface area contributed by atoms with E-state index in [2.05, 4.69) is 24.1 Å². The number of rotatable bonds is 5. The minimum Gasteiger partial charge on any atom is -0.349 e. The summed E-state index contributed by atoms with van der Waals surface area (Å²) in [6.45, 7) is 6.43. The molecule has 1 aromatic carbocycles. The van der Waals surface area contributed by atoms with Crippen LogP contribution in [0.2, 0.25) is 0 Å². The highest BCUT2D eigenvalue weighted by Crippen LogP contribution is 2.11. The maximum Gasteiger partial charge on any atom is 0.251 e. The van der Waals surface area contributed by atoms with Crippen LogP contribution in [-0.2, 0) is 0 Å². The molecule has 0 saturated carbocycles. The second-order valence-electron chi connectivity index (χ2n) is 4.57. The molecule has 3 N–H and O–H groups in total. The van der Waals surface area contributed by atoms with E-state index in [1.54, 1.807) is 0 Å². The van der Waals surface area contributed by atoms with Gasteiger partial charge in [0.2, 0.25) is 0 Å². The molecule has 0 aliphatic carbocycles. The first-order valence-electron chi connectivity index (χ1n) is 6.76. The van der Waals surface area contributed by atoms with Crippen LogP contribution in [-0.4, -0.2) is 30.0 Å². The van der Waals surface area contributed by atoms with E-state index in [-0.39, 0.29) is 11.9 Å². The van der Waals surface area contributed by atoms with Crippen LogP contribution >= 0.6 is 11.8 Å². The molecular weight excluding hydrogens is 268 g/mol. The van der Waals surface area contributed by atoms with Gasteiger partial charge in [-0.1, -0.05) is 24.8 Å². The molecule has 0 aliphatic rings. The molecular formula is C16H22N2OS. The van der Waals surface area contributed by atoms with Crippen molar-refractivity contribution in [1.82, 2.24) is 5.32 Å². The van der Waals surface area contributed by atoms with Crippen LogP contribution in [0.4, 0.5) is 0 Å². The second-order valence-corrected chi connectivity index (χ2v) is 5.89. The van der Waals surface area contributed by atoms with Crippen LogP contribution in [0.3, 0.4) is 0 Å². The largest absolute Gasteiger partial charge is 0.349 e. The summed E-state index contributed by atoms with van der Waals surface area (Å²) in [6.07, 6.45) is 0. The minimum absolute atomic E-state index is 0.0509. The van der Waals surface area contributed by atoms with Gasteiger partial charge in [0.05, 0.1) is 6.54 Å². The standard InChI is InChI=1S/C16H22N2OS/c1-4-20-11-13(3)18-16(19)15-8-7-12(2)14(10-15)6-5-9-17/h7-8,10,13H,4,9,11,17H2,1-3H3,(H,18,19). The molecule has 4 heteroatoms. The van der Waals surface area contributed by atoms with E-state index in [1.165, 1.54) is 0 Å². The van der Waals surface area contributed by atoms with Gasteiger partial charge in [0, 0.05) is 22.9 Å². The van der Waals surface area contributed by atoms with Gasteiger partial charge in [0.15, 0.2) is 0 Å². The number of carbonyl (C=O) groups excluding carboxylic acids is 1. The highest BCUT2D eigenvalue weighted by Gasteiger charge is 2.10. The Kier molecular flexibility index (Phi) is 7.21. The lowest BCUT2D eigenvalue weighted by Gasteiger charge is -2.13. The molecule has 1 rings (SSSR count). The van der Waals surface area contributed by atoms with Crippen LogP contribution in [0.25, 0.3) is 0 Å². The Hall–Kier alpha value is -1.44. The summed E-state index contributed by atoms with van der Waals surface area (Å²) in [5.74, 6) is 7.75. The predicted molar refractivity (Wildman–Crippen MR) is 87.0 cm³/mol. The number of nitrogens with two attached hydrogens (primary N) is 1. The molecule has 0 aromatic heterocycles. The van der Waals surface area contributed by atoms with Crippen LogP contribution in [0.15, 0.2) is 18.2 Å². The fourth-order valence-electron chi connectivity index (χ4n) is 1.69. The van der Waals surface area contributed by atoms with Crippen molar-refractivity contribution in [2.75, 3.05) is 18.1 Å². The Bertz CT molecular complexity index is 517. The van der Waals surface area contributed by atoms with Crippen LogP contribution in [0.5, 0.6) is 0 Å². The number of hydrogen-bond donors (Lipinski definition) is 2. The average Bonchev–Trinajstić information content (AvgIpc) is 2.44. The first-order chi connectivity index (χ1) is 9.58. The summed E-state index contributed by atoms with van der Waals surface area (Å²) in [5.41, 5.74) is 7.94. The molecule has 0 radical (unpaired) electrons. The van der Waals surface area contributed by atoms with Gasteiger partial charge in [0.1, 0.15) is 0 Å². The van der Waals surface area contributed by atoms with Crippen LogP contribution in [0, 0.1) is 18.8 Å². The molecule has 0 fully saturated rings. The third-order valence-corrected chi connectivity index (χ3v) is 3.92. The van der Waals surface area contributed by atoms with Crippen molar-refractivity contribution in [1.29, 1.82) is 0 Å². The van der Waals surface area contributed by atoms with Crippen LogP contribution < -0.4 is 11.1 Å². The number of thioether (sulfide) groups is 1. The average molecular weight is 290 g/mol. The van der Waals surface area contributed by atoms with Gasteiger partial charge < -0.3 is 11.1 Å². The summed E-state index contributed by atoms with van der Waals surface area (Å²) in [6, 6.07) is 5.73. The minimum atomic E-state index is -0.0509. The molecule has 0 spiro atoms. The molecule has 3 nitrogen and oxygen atoms in total. The van der Waals surface area contributed by atoms with Crippen molar-refractivity contribution in [2.45, 2.75) is 26.8 Å². The zero-order valence-corrected chi connectivity index (χ0v) is 13.1. The van der Waals surface area contributed by atoms with Gasteiger partial charge in [-0.15, -0.1) is 0 Å². The zero-order valence-electron chi connectivity index (χ0n) is 12.3. The Morgan fingerprint density at radius 3 is 2.90 bits per heavy atom. The third-order valence-electron chi connectivity index (χ3n) is 2.77. The molecule has 1 atom stereocenters. The molecule has 1 unspecified atom stereocenters. The highest BCUT2D eigenvalue weighted by molar-refractivity contribution is 7.99. The van der Waals surface area contributed by atoms with E-state index in [4.69, 9.17) is 5.73 Å². The SMILES string of the molecule is CCSCC(C)NC(=O)c1ccc(C)c(C#CCN)c1. The number of benzene rings is 1. The molecule has 108 valence electrons. The number of nitrogens with one attached hydrogen (secondary N) is 1. The predicted octanol–water partition coefficient (Wildman–Crippen LogP) is 2.18. The molecule has 0 saturated heterocycles. The molecule has 20 heavy (non-hydrogen) atoms. The summed E-state index contributed by atoms with van der Waals surface area (Å²) in [4.78, 5) is 12.2. The van der Waals surface area contributed by atoms with Crippen molar-refractivity contribution >= 4 is 17.7 Å². The summed E-state index contributed by atoms with van der Waals surface area (Å²) in [5, 5.41) is 3.00. The Morgan fingerprint density at radius 1 is 1.50 bits per heavy atom. The molecule has 0 aliphatic heterocycles. The number of aryl methyl sites for hydroxylation is 1. The van der Waals surface area contributed by atoms with Crippen molar-refractivity contribution in [2.24, 2.45) is 5.73 Å². The lowest BCUT2D eigenvalue weighted by molar-refractivity contribution is 0.0943. The van der Waals surface area contributed by atoms with Crippen molar-refractivity contribution < 1.29 is 4.79 Å². The first-order valence-corrected chi connectivity index (χ1v) is 7.92. The lowest BCUT2D eigenvalue weighted by Crippen LogP contribution is -2.34. The molecule has 0 heterocycles. The van der Waals surface area contributed by atoms with Crippen LogP contribution in [0.1, 0.15) is 35.3 Å². The smallest absolute Gasteiger partial charge is 0.251 e. The van der Waals surface area contributed by atoms with Crippen molar-refractivity contribution in [3.63, 3.8) is 0 Å². The quantitative estimate of drug-likeness (QED) is 0.817. The van der Waals surface area contributed by atoms with E-state index in [0.29, 0.717) is 12.1 Å². The highest BCUT2D eigenvalue weighted by atomic mass is 32.2. The Morgan fingerprint density at radius 2 is 2.25 bits per heavy atom.